The number of amides is 1. The first-order valence-corrected chi connectivity index (χ1v) is 6.92. The molecule has 0 fully saturated rings. The summed E-state index contributed by atoms with van der Waals surface area (Å²) in [6, 6.07) is 7.21. The second-order valence-corrected chi connectivity index (χ2v) is 6.56. The molecule has 4 nitrogen and oxygen atoms in total. The Morgan fingerprint density at radius 1 is 1.25 bits per heavy atom. The molecular weight excluding hydrogens is 252 g/mol. The van der Waals surface area contributed by atoms with E-state index in [4.69, 9.17) is 0 Å². The maximum Gasteiger partial charge on any atom is 0.251 e. The summed E-state index contributed by atoms with van der Waals surface area (Å²) in [4.78, 5) is 14.1. The number of carbonyl (C=O) groups is 1. The fourth-order valence-corrected chi connectivity index (χ4v) is 2.08. The van der Waals surface area contributed by atoms with Crippen LogP contribution in [-0.4, -0.2) is 37.8 Å². The number of benzene rings is 1. The second-order valence-electron chi connectivity index (χ2n) is 6.56. The minimum absolute atomic E-state index is 0.0429. The molecule has 0 aliphatic rings. The summed E-state index contributed by atoms with van der Waals surface area (Å²) in [6.45, 7) is 6.23. The van der Waals surface area contributed by atoms with Crippen molar-refractivity contribution in [3.8, 4) is 0 Å². The van der Waals surface area contributed by atoms with Crippen molar-refractivity contribution in [2.75, 3.05) is 25.6 Å². The zero-order chi connectivity index (χ0) is 15.3. The van der Waals surface area contributed by atoms with Crippen molar-refractivity contribution in [2.24, 2.45) is 5.41 Å². The monoisotopic (exact) mass is 278 g/mol. The lowest BCUT2D eigenvalue weighted by atomic mass is 9.88. The van der Waals surface area contributed by atoms with Gasteiger partial charge >= 0.3 is 0 Å². The SMILES string of the molecule is CN(C)c1ccc(C(=O)NC(CO)CC(C)(C)C)cc1. The molecule has 0 saturated heterocycles. The van der Waals surface area contributed by atoms with E-state index < -0.39 is 0 Å². The van der Waals surface area contributed by atoms with Crippen molar-refractivity contribution < 1.29 is 9.90 Å². The maximum atomic E-state index is 12.1. The normalized spacial score (nSPS) is 12.9. The highest BCUT2D eigenvalue weighted by molar-refractivity contribution is 5.94. The molecule has 1 aromatic carbocycles. The van der Waals surface area contributed by atoms with Crippen molar-refractivity contribution in [1.29, 1.82) is 0 Å². The van der Waals surface area contributed by atoms with Crippen LogP contribution >= 0.6 is 0 Å². The minimum atomic E-state index is -0.212. The molecule has 0 aliphatic carbocycles. The maximum absolute atomic E-state index is 12.1. The van der Waals surface area contributed by atoms with Gasteiger partial charge in [0.2, 0.25) is 0 Å². The number of aliphatic hydroxyl groups is 1. The Bertz CT molecular complexity index is 433. The average Bonchev–Trinajstić information content (AvgIpc) is 2.36. The van der Waals surface area contributed by atoms with Crippen LogP contribution in [-0.2, 0) is 0 Å². The molecule has 0 spiro atoms. The van der Waals surface area contributed by atoms with Crippen LogP contribution in [0.1, 0.15) is 37.6 Å². The second kappa shape index (κ2) is 6.75. The summed E-state index contributed by atoms with van der Waals surface area (Å²) in [5.74, 6) is -0.140. The summed E-state index contributed by atoms with van der Waals surface area (Å²) < 4.78 is 0. The summed E-state index contributed by atoms with van der Waals surface area (Å²) in [5, 5.41) is 12.3. The summed E-state index contributed by atoms with van der Waals surface area (Å²) >= 11 is 0. The van der Waals surface area contributed by atoms with Gasteiger partial charge in [0.25, 0.3) is 5.91 Å². The van der Waals surface area contributed by atoms with Crippen molar-refractivity contribution in [3.63, 3.8) is 0 Å². The van der Waals surface area contributed by atoms with Gasteiger partial charge in [-0.05, 0) is 36.1 Å². The molecule has 0 aliphatic heterocycles. The van der Waals surface area contributed by atoms with Crippen LogP contribution in [0.5, 0.6) is 0 Å². The van der Waals surface area contributed by atoms with E-state index in [1.54, 1.807) is 12.1 Å². The fraction of sp³-hybridized carbons (Fsp3) is 0.562. The van der Waals surface area contributed by atoms with E-state index in [0.29, 0.717) is 5.56 Å². The number of nitrogens with zero attached hydrogens (tertiary/aromatic N) is 1. The lowest BCUT2D eigenvalue weighted by Crippen LogP contribution is -2.40. The van der Waals surface area contributed by atoms with Gasteiger partial charge in [0.05, 0.1) is 12.6 Å². The van der Waals surface area contributed by atoms with Gasteiger partial charge in [-0.1, -0.05) is 20.8 Å². The fourth-order valence-electron chi connectivity index (χ4n) is 2.08. The molecular formula is C16H26N2O2. The lowest BCUT2D eigenvalue weighted by molar-refractivity contribution is 0.0897. The third-order valence-electron chi connectivity index (χ3n) is 3.06. The van der Waals surface area contributed by atoms with Crippen LogP contribution in [0.2, 0.25) is 0 Å². The molecule has 0 saturated carbocycles. The van der Waals surface area contributed by atoms with Crippen LogP contribution in [0.25, 0.3) is 0 Å². The quantitative estimate of drug-likeness (QED) is 0.869. The molecule has 1 unspecified atom stereocenters. The van der Waals surface area contributed by atoms with Crippen molar-refractivity contribution in [2.45, 2.75) is 33.2 Å². The molecule has 1 aromatic rings. The number of anilines is 1. The largest absolute Gasteiger partial charge is 0.394 e. The Kier molecular flexibility index (Phi) is 5.57. The van der Waals surface area contributed by atoms with Gasteiger partial charge in [-0.3, -0.25) is 4.79 Å². The first-order valence-electron chi connectivity index (χ1n) is 6.92. The number of nitrogens with one attached hydrogen (secondary N) is 1. The molecule has 112 valence electrons. The van der Waals surface area contributed by atoms with Gasteiger partial charge in [-0.25, -0.2) is 0 Å². The minimum Gasteiger partial charge on any atom is -0.394 e. The molecule has 0 radical (unpaired) electrons. The van der Waals surface area contributed by atoms with Gasteiger partial charge < -0.3 is 15.3 Å². The van der Waals surface area contributed by atoms with Crippen LogP contribution < -0.4 is 10.2 Å². The Morgan fingerprint density at radius 3 is 2.20 bits per heavy atom. The molecule has 2 N–H and O–H groups in total. The molecule has 1 rings (SSSR count). The number of rotatable bonds is 5. The van der Waals surface area contributed by atoms with Gasteiger partial charge in [-0.15, -0.1) is 0 Å². The predicted octanol–water partition coefficient (Wildman–Crippen LogP) is 2.28. The third-order valence-corrected chi connectivity index (χ3v) is 3.06. The zero-order valence-corrected chi connectivity index (χ0v) is 13.1. The van der Waals surface area contributed by atoms with E-state index in [0.717, 1.165) is 12.1 Å². The summed E-state index contributed by atoms with van der Waals surface area (Å²) in [6.07, 6.45) is 0.741. The first kappa shape index (κ1) is 16.5. The first-order chi connectivity index (χ1) is 9.23. The average molecular weight is 278 g/mol. The van der Waals surface area contributed by atoms with Crippen LogP contribution in [0.4, 0.5) is 5.69 Å². The highest BCUT2D eigenvalue weighted by Gasteiger charge is 2.20. The molecule has 1 amide bonds. The number of hydrogen-bond acceptors (Lipinski definition) is 3. The number of aliphatic hydroxyl groups excluding tert-OH is 1. The van der Waals surface area contributed by atoms with Gasteiger partial charge in [-0.2, -0.15) is 0 Å². The highest BCUT2D eigenvalue weighted by Crippen LogP contribution is 2.21. The smallest absolute Gasteiger partial charge is 0.251 e. The molecule has 0 aromatic heterocycles. The van der Waals surface area contributed by atoms with E-state index in [1.165, 1.54) is 0 Å². The molecule has 4 heteroatoms. The van der Waals surface area contributed by atoms with Crippen molar-refractivity contribution in [3.05, 3.63) is 29.8 Å². The molecule has 0 heterocycles. The number of carbonyl (C=O) groups excluding carboxylic acids is 1. The zero-order valence-electron chi connectivity index (χ0n) is 13.1. The standard InChI is InChI=1S/C16H26N2O2/c1-16(2,3)10-13(11-19)17-15(20)12-6-8-14(9-7-12)18(4)5/h6-9,13,19H,10-11H2,1-5H3,(H,17,20). The van der Waals surface area contributed by atoms with Gasteiger partial charge in [0.1, 0.15) is 0 Å². The highest BCUT2D eigenvalue weighted by atomic mass is 16.3. The Morgan fingerprint density at radius 2 is 1.80 bits per heavy atom. The molecule has 20 heavy (non-hydrogen) atoms. The van der Waals surface area contributed by atoms with Crippen LogP contribution in [0.3, 0.4) is 0 Å². The Labute approximate surface area is 121 Å². The topological polar surface area (TPSA) is 52.6 Å². The summed E-state index contributed by atoms with van der Waals surface area (Å²) in [7, 11) is 3.92. The van der Waals surface area contributed by atoms with E-state index in [1.807, 2.05) is 31.1 Å². The van der Waals surface area contributed by atoms with Gasteiger partial charge in [0, 0.05) is 25.3 Å². The van der Waals surface area contributed by atoms with Crippen molar-refractivity contribution >= 4 is 11.6 Å². The Hall–Kier alpha value is -1.55. The number of hydrogen-bond donors (Lipinski definition) is 2. The van der Waals surface area contributed by atoms with Gasteiger partial charge in [0.15, 0.2) is 0 Å². The predicted molar refractivity (Wildman–Crippen MR) is 83.2 cm³/mol. The summed E-state index contributed by atoms with van der Waals surface area (Å²) in [5.41, 5.74) is 1.73. The van der Waals surface area contributed by atoms with E-state index >= 15 is 0 Å². The van der Waals surface area contributed by atoms with E-state index in [9.17, 15) is 9.90 Å². The lowest BCUT2D eigenvalue weighted by Gasteiger charge is -2.25. The Balaban J connectivity index is 2.69. The molecule has 1 atom stereocenters. The van der Waals surface area contributed by atoms with E-state index in [-0.39, 0.29) is 24.0 Å². The van der Waals surface area contributed by atoms with Crippen LogP contribution in [0.15, 0.2) is 24.3 Å². The third kappa shape index (κ3) is 5.21. The molecule has 0 bridgehead atoms. The van der Waals surface area contributed by atoms with Crippen LogP contribution in [0, 0.1) is 5.41 Å². The van der Waals surface area contributed by atoms with E-state index in [2.05, 4.69) is 26.1 Å². The van der Waals surface area contributed by atoms with Crippen molar-refractivity contribution in [1.82, 2.24) is 5.32 Å².